The molecule has 2 aromatic carbocycles. The maximum Gasteiger partial charge on any atom is 0.331 e. The Morgan fingerprint density at radius 1 is 1.03 bits per heavy atom. The summed E-state index contributed by atoms with van der Waals surface area (Å²) in [5.74, 6) is -0.390. The highest BCUT2D eigenvalue weighted by Crippen LogP contribution is 2.30. The van der Waals surface area contributed by atoms with Gasteiger partial charge in [-0.2, -0.15) is 5.10 Å². The van der Waals surface area contributed by atoms with Crippen LogP contribution in [0.4, 0.5) is 0 Å². The van der Waals surface area contributed by atoms with E-state index < -0.39 is 5.97 Å². The first-order chi connectivity index (χ1) is 17.1. The number of aromatic nitrogens is 2. The summed E-state index contributed by atoms with van der Waals surface area (Å²) in [5.41, 5.74) is 2.85. The van der Waals surface area contributed by atoms with Crippen LogP contribution in [0.5, 0.6) is 0 Å². The van der Waals surface area contributed by atoms with Crippen molar-refractivity contribution in [2.45, 2.75) is 0 Å². The van der Waals surface area contributed by atoms with Crippen molar-refractivity contribution in [2.75, 3.05) is 19.7 Å². The quantitative estimate of drug-likeness (QED) is 0.185. The van der Waals surface area contributed by atoms with Crippen LogP contribution in [0.1, 0.15) is 5.56 Å². The fraction of sp³-hybridized carbons (Fsp3) is 0.107. The van der Waals surface area contributed by atoms with Crippen LogP contribution in [0.15, 0.2) is 103 Å². The summed E-state index contributed by atoms with van der Waals surface area (Å²) in [5, 5.41) is 5.65. The fourth-order valence-corrected chi connectivity index (χ4v) is 3.53. The van der Waals surface area contributed by atoms with Gasteiger partial charge in [0.15, 0.2) is 12.4 Å². The number of hydrogen-bond acceptors (Lipinski definition) is 5. The zero-order chi connectivity index (χ0) is 24.6. The molecule has 2 heterocycles. The van der Waals surface area contributed by atoms with Crippen molar-refractivity contribution >= 4 is 28.9 Å². The second-order valence-electron chi connectivity index (χ2n) is 7.68. The topological polar surface area (TPSA) is 77.6 Å². The number of carbonyl (C=O) groups excluding carboxylic acids is 2. The molecule has 2 aromatic heterocycles. The molecule has 0 bridgehead atoms. The number of rotatable bonds is 10. The number of carbonyl (C=O) groups is 2. The Morgan fingerprint density at radius 3 is 2.46 bits per heavy atom. The van der Waals surface area contributed by atoms with E-state index in [2.05, 4.69) is 13.2 Å². The Bertz CT molecular complexity index is 1340. The zero-order valence-corrected chi connectivity index (χ0v) is 19.2. The molecule has 35 heavy (non-hydrogen) atoms. The number of esters is 1. The molecule has 7 nitrogen and oxygen atoms in total. The summed E-state index contributed by atoms with van der Waals surface area (Å²) in [6, 6.07) is 19.2. The fourth-order valence-electron chi connectivity index (χ4n) is 3.53. The molecule has 0 aliphatic carbocycles. The summed E-state index contributed by atoms with van der Waals surface area (Å²) in [6.07, 6.45) is 7.90. The van der Waals surface area contributed by atoms with Crippen LogP contribution in [-0.4, -0.2) is 46.3 Å². The molecule has 0 spiro atoms. The second-order valence-corrected chi connectivity index (χ2v) is 7.68. The number of benzene rings is 2. The SMILES string of the molecule is C=CCN(CC=C)C(=O)COC(=O)C=Cc1cn(-c2ccccc2)nc1-c1cc2ccccc2o1. The molecular formula is C28H25N3O4. The Kier molecular flexibility index (Phi) is 7.37. The van der Waals surface area contributed by atoms with Crippen molar-refractivity contribution in [3.05, 3.63) is 104 Å². The Balaban J connectivity index is 1.56. The minimum absolute atomic E-state index is 0.327. The molecule has 7 heteroatoms. The van der Waals surface area contributed by atoms with Crippen LogP contribution in [0, 0.1) is 0 Å². The summed E-state index contributed by atoms with van der Waals surface area (Å²) in [4.78, 5) is 26.1. The molecule has 0 N–H and O–H groups in total. The number of amides is 1. The van der Waals surface area contributed by atoms with Crippen molar-refractivity contribution in [3.8, 4) is 17.1 Å². The molecule has 0 atom stereocenters. The number of ether oxygens (including phenoxy) is 1. The van der Waals surface area contributed by atoms with E-state index in [1.54, 1.807) is 22.9 Å². The van der Waals surface area contributed by atoms with Gasteiger partial charge in [-0.1, -0.05) is 48.6 Å². The van der Waals surface area contributed by atoms with E-state index in [0.717, 1.165) is 16.7 Å². The molecule has 1 amide bonds. The summed E-state index contributed by atoms with van der Waals surface area (Å²) in [7, 11) is 0. The highest BCUT2D eigenvalue weighted by atomic mass is 16.5. The third-order valence-electron chi connectivity index (χ3n) is 5.21. The Labute approximate surface area is 203 Å². The van der Waals surface area contributed by atoms with Gasteiger partial charge in [0.05, 0.1) is 5.69 Å². The number of hydrogen-bond donors (Lipinski definition) is 0. The van der Waals surface area contributed by atoms with E-state index in [4.69, 9.17) is 14.3 Å². The van der Waals surface area contributed by atoms with Gasteiger partial charge in [0.1, 0.15) is 11.3 Å². The lowest BCUT2D eigenvalue weighted by molar-refractivity contribution is -0.147. The first kappa shape index (κ1) is 23.5. The molecule has 4 aromatic rings. The third kappa shape index (κ3) is 5.65. The number of para-hydroxylation sites is 2. The molecule has 0 fully saturated rings. The molecule has 176 valence electrons. The van der Waals surface area contributed by atoms with Gasteiger partial charge in [-0.05, 0) is 30.3 Å². The highest BCUT2D eigenvalue weighted by molar-refractivity contribution is 5.91. The number of nitrogens with zero attached hydrogens (tertiary/aromatic N) is 3. The van der Waals surface area contributed by atoms with Crippen molar-refractivity contribution in [2.24, 2.45) is 0 Å². The average molecular weight is 468 g/mol. The predicted octanol–water partition coefficient (Wildman–Crippen LogP) is 5.04. The van der Waals surface area contributed by atoms with Gasteiger partial charge < -0.3 is 14.1 Å². The van der Waals surface area contributed by atoms with Gasteiger partial charge >= 0.3 is 5.97 Å². The first-order valence-corrected chi connectivity index (χ1v) is 11.1. The normalized spacial score (nSPS) is 11.0. The minimum Gasteiger partial charge on any atom is -0.454 e. The summed E-state index contributed by atoms with van der Waals surface area (Å²) in [6.45, 7) is 7.58. The van der Waals surface area contributed by atoms with Crippen LogP contribution < -0.4 is 0 Å². The summed E-state index contributed by atoms with van der Waals surface area (Å²) < 4.78 is 12.9. The Morgan fingerprint density at radius 2 is 1.74 bits per heavy atom. The average Bonchev–Trinajstić information content (AvgIpc) is 3.50. The maximum absolute atomic E-state index is 12.4. The van der Waals surface area contributed by atoms with Gasteiger partial charge in [0.2, 0.25) is 0 Å². The molecule has 0 saturated carbocycles. The lowest BCUT2D eigenvalue weighted by Crippen LogP contribution is -2.34. The summed E-state index contributed by atoms with van der Waals surface area (Å²) >= 11 is 0. The van der Waals surface area contributed by atoms with Gasteiger partial charge in [0.25, 0.3) is 5.91 Å². The van der Waals surface area contributed by atoms with Crippen molar-refractivity contribution in [3.63, 3.8) is 0 Å². The lowest BCUT2D eigenvalue weighted by atomic mass is 10.2. The number of fused-ring (bicyclic) bond motifs is 1. The first-order valence-electron chi connectivity index (χ1n) is 11.1. The second kappa shape index (κ2) is 11.0. The maximum atomic E-state index is 12.4. The smallest absolute Gasteiger partial charge is 0.331 e. The molecule has 0 saturated heterocycles. The molecule has 0 aliphatic heterocycles. The Hall–Kier alpha value is -4.65. The van der Waals surface area contributed by atoms with E-state index in [-0.39, 0.29) is 12.5 Å². The lowest BCUT2D eigenvalue weighted by Gasteiger charge is -2.18. The van der Waals surface area contributed by atoms with Gasteiger partial charge in [-0.25, -0.2) is 9.48 Å². The van der Waals surface area contributed by atoms with E-state index in [9.17, 15) is 9.59 Å². The van der Waals surface area contributed by atoms with Crippen molar-refractivity contribution in [1.29, 1.82) is 0 Å². The highest BCUT2D eigenvalue weighted by Gasteiger charge is 2.16. The predicted molar refractivity (Wildman–Crippen MR) is 136 cm³/mol. The van der Waals surface area contributed by atoms with E-state index >= 15 is 0 Å². The van der Waals surface area contributed by atoms with Crippen LogP contribution in [0.2, 0.25) is 0 Å². The van der Waals surface area contributed by atoms with Gasteiger partial charge in [-0.15, -0.1) is 13.2 Å². The largest absolute Gasteiger partial charge is 0.454 e. The van der Waals surface area contributed by atoms with Crippen molar-refractivity contribution < 1.29 is 18.7 Å². The van der Waals surface area contributed by atoms with Crippen LogP contribution in [-0.2, 0) is 14.3 Å². The molecule has 0 unspecified atom stereocenters. The van der Waals surface area contributed by atoms with E-state index in [1.807, 2.05) is 66.9 Å². The van der Waals surface area contributed by atoms with Gasteiger partial charge in [-0.3, -0.25) is 4.79 Å². The number of furan rings is 1. The zero-order valence-electron chi connectivity index (χ0n) is 19.2. The van der Waals surface area contributed by atoms with Crippen molar-refractivity contribution in [1.82, 2.24) is 14.7 Å². The van der Waals surface area contributed by atoms with E-state index in [1.165, 1.54) is 11.0 Å². The molecular weight excluding hydrogens is 442 g/mol. The van der Waals surface area contributed by atoms with Crippen LogP contribution in [0.25, 0.3) is 34.2 Å². The van der Waals surface area contributed by atoms with Crippen LogP contribution in [0.3, 0.4) is 0 Å². The third-order valence-corrected chi connectivity index (χ3v) is 5.21. The standard InChI is InChI=1S/C28H25N3O4/c1-3-16-30(17-4-2)26(32)20-34-27(33)15-14-22-19-31(23-11-6-5-7-12-23)29-28(22)25-18-21-10-8-9-13-24(21)35-25/h3-15,18-19H,1-2,16-17,20H2. The van der Waals surface area contributed by atoms with E-state index in [0.29, 0.717) is 30.1 Å². The molecule has 4 rings (SSSR count). The molecule has 0 aliphatic rings. The monoisotopic (exact) mass is 467 g/mol. The van der Waals surface area contributed by atoms with Gasteiger partial charge in [0, 0.05) is 36.3 Å². The minimum atomic E-state index is -0.640. The van der Waals surface area contributed by atoms with Crippen LogP contribution >= 0.6 is 0 Å². The molecule has 0 radical (unpaired) electrons.